The van der Waals surface area contributed by atoms with Crippen LogP contribution in [0, 0.1) is 5.92 Å². The lowest BCUT2D eigenvalue weighted by molar-refractivity contribution is -0.120. The molecule has 2 amide bonds. The van der Waals surface area contributed by atoms with Gasteiger partial charge in [-0.1, -0.05) is 26.0 Å². The molecule has 0 saturated carbocycles. The van der Waals surface area contributed by atoms with Crippen LogP contribution in [0.5, 0.6) is 17.2 Å². The Kier molecular flexibility index (Phi) is 8.32. The zero-order chi connectivity index (χ0) is 23.1. The van der Waals surface area contributed by atoms with Crippen molar-refractivity contribution in [3.63, 3.8) is 0 Å². The number of amides is 2. The third-order valence-corrected chi connectivity index (χ3v) is 5.50. The van der Waals surface area contributed by atoms with Crippen LogP contribution in [0.25, 0.3) is 0 Å². The minimum absolute atomic E-state index is 0.182. The first-order chi connectivity index (χ1) is 14.7. The van der Waals surface area contributed by atoms with Gasteiger partial charge < -0.3 is 25.3 Å². The van der Waals surface area contributed by atoms with E-state index in [0.29, 0.717) is 16.4 Å². The lowest BCUT2D eigenvalue weighted by Crippen LogP contribution is -2.47. The van der Waals surface area contributed by atoms with E-state index < -0.39 is 17.9 Å². The normalized spacial score (nSPS) is 11.5. The van der Waals surface area contributed by atoms with Crippen LogP contribution in [0.2, 0.25) is 0 Å². The van der Waals surface area contributed by atoms with Crippen molar-refractivity contribution in [1.29, 1.82) is 0 Å². The minimum Gasteiger partial charge on any atom is -0.493 e. The molecule has 0 aliphatic carbocycles. The van der Waals surface area contributed by atoms with Crippen molar-refractivity contribution in [1.82, 2.24) is 5.32 Å². The number of benzene rings is 2. The molecule has 0 heterocycles. The van der Waals surface area contributed by atoms with Gasteiger partial charge in [0.2, 0.25) is 16.8 Å². The van der Waals surface area contributed by atoms with Crippen molar-refractivity contribution in [2.24, 2.45) is 11.7 Å². The Morgan fingerprint density at radius 1 is 0.903 bits per heavy atom. The average Bonchev–Trinajstić information content (AvgIpc) is 2.75. The molecule has 2 aromatic carbocycles. The average molecular weight is 447 g/mol. The van der Waals surface area contributed by atoms with Gasteiger partial charge in [-0.3, -0.25) is 14.4 Å². The van der Waals surface area contributed by atoms with Gasteiger partial charge >= 0.3 is 0 Å². The number of methoxy groups -OCH3 is 3. The fourth-order valence-corrected chi connectivity index (χ4v) is 3.83. The van der Waals surface area contributed by atoms with E-state index in [-0.39, 0.29) is 27.9 Å². The first-order valence-electron chi connectivity index (χ1n) is 9.45. The highest BCUT2D eigenvalue weighted by molar-refractivity contribution is 8.14. The molecule has 0 spiro atoms. The predicted molar refractivity (Wildman–Crippen MR) is 118 cm³/mol. The fourth-order valence-electron chi connectivity index (χ4n) is 2.95. The summed E-state index contributed by atoms with van der Waals surface area (Å²) in [5.41, 5.74) is 5.91. The number of nitrogens with two attached hydrogens (primary N) is 1. The van der Waals surface area contributed by atoms with Gasteiger partial charge in [-0.25, -0.2) is 0 Å². The Morgan fingerprint density at radius 3 is 2.10 bits per heavy atom. The molecule has 0 saturated heterocycles. The lowest BCUT2D eigenvalue weighted by atomic mass is 10.0. The molecule has 0 aliphatic rings. The maximum absolute atomic E-state index is 13.1. The van der Waals surface area contributed by atoms with Gasteiger partial charge in [0.05, 0.1) is 32.5 Å². The maximum atomic E-state index is 13.1. The summed E-state index contributed by atoms with van der Waals surface area (Å²) in [6, 6.07) is 8.97. The van der Waals surface area contributed by atoms with Gasteiger partial charge in [-0.15, -0.1) is 0 Å². The summed E-state index contributed by atoms with van der Waals surface area (Å²) in [6.45, 7) is 3.56. The van der Waals surface area contributed by atoms with E-state index in [4.69, 9.17) is 19.9 Å². The van der Waals surface area contributed by atoms with Crippen LogP contribution in [0.3, 0.4) is 0 Å². The van der Waals surface area contributed by atoms with E-state index in [1.54, 1.807) is 50.2 Å². The topological polar surface area (TPSA) is 117 Å². The van der Waals surface area contributed by atoms with Crippen molar-refractivity contribution in [3.05, 3.63) is 47.5 Å². The van der Waals surface area contributed by atoms with Crippen LogP contribution >= 0.6 is 11.8 Å². The quantitative estimate of drug-likeness (QED) is 0.569. The van der Waals surface area contributed by atoms with Crippen molar-refractivity contribution >= 4 is 28.7 Å². The summed E-state index contributed by atoms with van der Waals surface area (Å²) in [5, 5.41) is 2.29. The molecule has 1 unspecified atom stereocenters. The standard InChI is InChI=1S/C22H26N2O6S/c1-12(2)17(20(23)25)24-21(26)13-8-6-7-9-16(13)31-22(27)14-10-11-15(28-3)19(30-5)18(14)29-4/h6-12,17H,1-5H3,(H2,23,25)(H,24,26). The smallest absolute Gasteiger partial charge is 0.253 e. The van der Waals surface area contributed by atoms with Crippen molar-refractivity contribution in [3.8, 4) is 17.2 Å². The number of thioether (sulfide) groups is 1. The van der Waals surface area contributed by atoms with Crippen LogP contribution in [-0.2, 0) is 4.79 Å². The van der Waals surface area contributed by atoms with Gasteiger partial charge in [0.15, 0.2) is 11.5 Å². The molecule has 2 rings (SSSR count). The van der Waals surface area contributed by atoms with Gasteiger partial charge in [-0.2, -0.15) is 0 Å². The van der Waals surface area contributed by atoms with E-state index in [0.717, 1.165) is 11.8 Å². The van der Waals surface area contributed by atoms with Crippen molar-refractivity contribution < 1.29 is 28.6 Å². The van der Waals surface area contributed by atoms with Gasteiger partial charge in [0, 0.05) is 4.90 Å². The molecule has 2 aromatic rings. The van der Waals surface area contributed by atoms with Crippen LogP contribution in [0.4, 0.5) is 0 Å². The molecule has 0 aromatic heterocycles. The van der Waals surface area contributed by atoms with Crippen LogP contribution < -0.4 is 25.3 Å². The monoisotopic (exact) mass is 446 g/mol. The van der Waals surface area contributed by atoms with Crippen LogP contribution in [0.1, 0.15) is 34.6 Å². The van der Waals surface area contributed by atoms with Gasteiger partial charge in [0.25, 0.3) is 5.91 Å². The Balaban J connectivity index is 2.36. The molecule has 3 N–H and O–H groups in total. The second-order valence-corrected chi connectivity index (χ2v) is 7.88. The minimum atomic E-state index is -0.827. The number of carbonyl (C=O) groups is 3. The molecule has 0 bridgehead atoms. The number of ether oxygens (including phenoxy) is 3. The maximum Gasteiger partial charge on any atom is 0.253 e. The fraction of sp³-hybridized carbons (Fsp3) is 0.318. The Morgan fingerprint density at radius 2 is 1.55 bits per heavy atom. The first kappa shape index (κ1) is 24.1. The Labute approximate surface area is 185 Å². The summed E-state index contributed by atoms with van der Waals surface area (Å²) in [5.74, 6) is -0.350. The molecular formula is C22H26N2O6S. The van der Waals surface area contributed by atoms with Gasteiger partial charge in [-0.05, 0) is 41.9 Å². The molecule has 0 aliphatic heterocycles. The molecule has 8 nitrogen and oxygen atoms in total. The highest BCUT2D eigenvalue weighted by atomic mass is 32.2. The zero-order valence-corrected chi connectivity index (χ0v) is 18.9. The molecule has 1 atom stereocenters. The summed E-state index contributed by atoms with van der Waals surface area (Å²) in [4.78, 5) is 37.9. The number of hydrogen-bond acceptors (Lipinski definition) is 7. The number of carbonyl (C=O) groups excluding carboxylic acids is 3. The van der Waals surface area contributed by atoms with E-state index in [9.17, 15) is 14.4 Å². The number of hydrogen-bond donors (Lipinski definition) is 2. The van der Waals surface area contributed by atoms with Crippen LogP contribution in [-0.4, -0.2) is 44.3 Å². The number of primary amides is 1. The van der Waals surface area contributed by atoms with E-state index in [2.05, 4.69) is 5.32 Å². The number of rotatable bonds is 9. The summed E-state index contributed by atoms with van der Waals surface area (Å²) in [6.07, 6.45) is 0. The van der Waals surface area contributed by atoms with E-state index >= 15 is 0 Å². The highest BCUT2D eigenvalue weighted by Gasteiger charge is 2.26. The predicted octanol–water partition coefficient (Wildman–Crippen LogP) is 2.88. The summed E-state index contributed by atoms with van der Waals surface area (Å²) >= 11 is 0.865. The highest BCUT2D eigenvalue weighted by Crippen LogP contribution is 2.42. The second-order valence-electron chi connectivity index (χ2n) is 6.87. The van der Waals surface area contributed by atoms with Crippen LogP contribution in [0.15, 0.2) is 41.3 Å². The zero-order valence-electron chi connectivity index (χ0n) is 18.1. The van der Waals surface area contributed by atoms with E-state index in [1.807, 2.05) is 0 Å². The molecular weight excluding hydrogens is 420 g/mol. The molecule has 31 heavy (non-hydrogen) atoms. The molecule has 0 radical (unpaired) electrons. The lowest BCUT2D eigenvalue weighted by Gasteiger charge is -2.19. The molecule has 9 heteroatoms. The van der Waals surface area contributed by atoms with E-state index in [1.165, 1.54) is 21.3 Å². The third kappa shape index (κ3) is 5.49. The number of nitrogens with one attached hydrogen (secondary N) is 1. The van der Waals surface area contributed by atoms with Crippen molar-refractivity contribution in [2.75, 3.05) is 21.3 Å². The second kappa shape index (κ2) is 10.7. The summed E-state index contributed by atoms with van der Waals surface area (Å²) < 4.78 is 16.0. The third-order valence-electron chi connectivity index (χ3n) is 4.52. The van der Waals surface area contributed by atoms with Crippen molar-refractivity contribution in [2.45, 2.75) is 24.8 Å². The SMILES string of the molecule is COc1ccc(C(=O)Sc2ccccc2C(=O)NC(C(N)=O)C(C)C)c(OC)c1OC. The largest absolute Gasteiger partial charge is 0.493 e. The molecule has 0 fully saturated rings. The molecule has 166 valence electrons. The Bertz CT molecular complexity index is 976. The first-order valence-corrected chi connectivity index (χ1v) is 10.3. The van der Waals surface area contributed by atoms with Gasteiger partial charge in [0.1, 0.15) is 6.04 Å². The summed E-state index contributed by atoms with van der Waals surface area (Å²) in [7, 11) is 4.36. The Hall–Kier alpha value is -3.20.